The minimum absolute atomic E-state index is 1.05. The Hall–Kier alpha value is -3.17. The quantitative estimate of drug-likeness (QED) is 0.251. The maximum absolute atomic E-state index is 4.78. The Morgan fingerprint density at radius 2 is 1.57 bits per heavy atom. The van der Waals surface area contributed by atoms with E-state index in [1.54, 1.807) is 0 Å². The molecule has 0 unspecified atom stereocenters. The molecule has 0 saturated heterocycles. The fourth-order valence-corrected chi connectivity index (χ4v) is 5.39. The highest BCUT2D eigenvalue weighted by atomic mass is 79.9. The van der Waals surface area contributed by atoms with Crippen LogP contribution in [0, 0.1) is 0 Å². The summed E-state index contributed by atoms with van der Waals surface area (Å²) in [5.41, 5.74) is 8.48. The lowest BCUT2D eigenvalue weighted by molar-refractivity contribution is 1.23. The van der Waals surface area contributed by atoms with Crippen LogP contribution in [0.2, 0.25) is 0 Å². The first-order valence-electron chi connectivity index (χ1n) is 9.36. The van der Waals surface area contributed by atoms with E-state index in [-0.39, 0.29) is 0 Å². The SMILES string of the molecule is Brc1ccc2c3c(cccc13)-c1ccc3cccc4c3c1N2c1cccnc1-4. The summed E-state index contributed by atoms with van der Waals surface area (Å²) < 4.78 is 1.13. The Kier molecular flexibility index (Phi) is 2.65. The molecule has 7 rings (SSSR count). The molecule has 1 aromatic heterocycles. The second kappa shape index (κ2) is 5.00. The molecule has 5 aromatic rings. The molecule has 0 radical (unpaired) electrons. The first kappa shape index (κ1) is 14.8. The van der Waals surface area contributed by atoms with Gasteiger partial charge in [0, 0.05) is 32.6 Å². The van der Waals surface area contributed by atoms with Gasteiger partial charge in [0.25, 0.3) is 0 Å². The molecule has 0 N–H and O–H groups in total. The number of benzene rings is 4. The molecular weight excluding hydrogens is 408 g/mol. The molecule has 2 nitrogen and oxygen atoms in total. The second-order valence-electron chi connectivity index (χ2n) is 7.37. The van der Waals surface area contributed by atoms with Gasteiger partial charge in [-0.15, -0.1) is 0 Å². The van der Waals surface area contributed by atoms with Crippen LogP contribution in [-0.4, -0.2) is 4.98 Å². The lowest BCUT2D eigenvalue weighted by Crippen LogP contribution is -2.19. The first-order chi connectivity index (χ1) is 13.8. The van der Waals surface area contributed by atoms with Crippen LogP contribution in [0.3, 0.4) is 0 Å². The number of nitrogens with zero attached hydrogens (tertiary/aromatic N) is 2. The number of halogens is 1. The van der Waals surface area contributed by atoms with Gasteiger partial charge in [-0.05, 0) is 40.6 Å². The van der Waals surface area contributed by atoms with E-state index in [0.29, 0.717) is 0 Å². The molecule has 0 fully saturated rings. The molecule has 4 aromatic carbocycles. The number of hydrogen-bond acceptors (Lipinski definition) is 2. The number of hydrogen-bond donors (Lipinski definition) is 0. The Labute approximate surface area is 170 Å². The van der Waals surface area contributed by atoms with E-state index in [1.165, 1.54) is 49.6 Å². The van der Waals surface area contributed by atoms with Crippen LogP contribution < -0.4 is 4.90 Å². The van der Waals surface area contributed by atoms with Gasteiger partial charge in [0.15, 0.2) is 0 Å². The average molecular weight is 421 g/mol. The predicted molar refractivity (Wildman–Crippen MR) is 120 cm³/mol. The summed E-state index contributed by atoms with van der Waals surface area (Å²) in [5.74, 6) is 0. The highest BCUT2D eigenvalue weighted by Crippen LogP contribution is 2.58. The van der Waals surface area contributed by atoms with Crippen LogP contribution in [0.4, 0.5) is 17.1 Å². The van der Waals surface area contributed by atoms with Gasteiger partial charge in [-0.25, -0.2) is 0 Å². The highest BCUT2D eigenvalue weighted by molar-refractivity contribution is 9.10. The smallest absolute Gasteiger partial charge is 0.0949 e. The van der Waals surface area contributed by atoms with Crippen LogP contribution >= 0.6 is 15.9 Å². The van der Waals surface area contributed by atoms with Gasteiger partial charge in [0.05, 0.1) is 22.8 Å². The maximum atomic E-state index is 4.78. The topological polar surface area (TPSA) is 16.1 Å². The van der Waals surface area contributed by atoms with E-state index in [1.807, 2.05) is 12.3 Å². The molecule has 2 aliphatic rings. The monoisotopic (exact) mass is 420 g/mol. The van der Waals surface area contributed by atoms with Gasteiger partial charge in [0.1, 0.15) is 0 Å². The summed E-state index contributed by atoms with van der Waals surface area (Å²) in [5, 5.41) is 5.07. The summed E-state index contributed by atoms with van der Waals surface area (Å²) in [6, 6.07) is 26.2. The van der Waals surface area contributed by atoms with Crippen molar-refractivity contribution in [1.29, 1.82) is 0 Å². The molecule has 130 valence electrons. The van der Waals surface area contributed by atoms with Crippen LogP contribution in [-0.2, 0) is 0 Å². The molecule has 0 bridgehead atoms. The van der Waals surface area contributed by atoms with E-state index in [4.69, 9.17) is 4.98 Å². The number of rotatable bonds is 0. The molecule has 28 heavy (non-hydrogen) atoms. The lowest BCUT2D eigenvalue weighted by atomic mass is 9.84. The zero-order valence-electron chi connectivity index (χ0n) is 14.8. The lowest BCUT2D eigenvalue weighted by Gasteiger charge is -2.38. The molecule has 2 aliphatic heterocycles. The Morgan fingerprint density at radius 1 is 0.679 bits per heavy atom. The molecule has 3 heterocycles. The van der Waals surface area contributed by atoms with E-state index in [9.17, 15) is 0 Å². The summed E-state index contributed by atoms with van der Waals surface area (Å²) in [6.45, 7) is 0. The van der Waals surface area contributed by atoms with Crippen LogP contribution in [0.1, 0.15) is 0 Å². The third-order valence-corrected chi connectivity index (χ3v) is 6.71. The van der Waals surface area contributed by atoms with Crippen molar-refractivity contribution < 1.29 is 0 Å². The van der Waals surface area contributed by atoms with Gasteiger partial charge >= 0.3 is 0 Å². The van der Waals surface area contributed by atoms with Crippen molar-refractivity contribution in [3.63, 3.8) is 0 Å². The zero-order chi connectivity index (χ0) is 18.4. The first-order valence-corrected chi connectivity index (χ1v) is 10.1. The van der Waals surface area contributed by atoms with E-state index < -0.39 is 0 Å². The summed E-state index contributed by atoms with van der Waals surface area (Å²) in [6.07, 6.45) is 1.89. The second-order valence-corrected chi connectivity index (χ2v) is 8.22. The highest BCUT2D eigenvalue weighted by Gasteiger charge is 2.33. The van der Waals surface area contributed by atoms with E-state index in [2.05, 4.69) is 87.6 Å². The molecule has 0 atom stereocenters. The third kappa shape index (κ3) is 1.62. The fraction of sp³-hybridized carbons (Fsp3) is 0. The van der Waals surface area contributed by atoms with Crippen molar-refractivity contribution in [2.75, 3.05) is 4.90 Å². The van der Waals surface area contributed by atoms with Crippen molar-refractivity contribution >= 4 is 54.5 Å². The molecule has 3 heteroatoms. The number of pyridine rings is 1. The van der Waals surface area contributed by atoms with Gasteiger partial charge in [0.2, 0.25) is 0 Å². The van der Waals surface area contributed by atoms with Crippen LogP contribution in [0.15, 0.2) is 83.5 Å². The minimum atomic E-state index is 1.05. The fourth-order valence-electron chi connectivity index (χ4n) is 4.93. The maximum Gasteiger partial charge on any atom is 0.0949 e. The van der Waals surface area contributed by atoms with Gasteiger partial charge in [-0.1, -0.05) is 64.5 Å². The Balaban J connectivity index is 1.80. The van der Waals surface area contributed by atoms with Crippen molar-refractivity contribution in [3.05, 3.63) is 83.5 Å². The Bertz CT molecular complexity index is 1490. The van der Waals surface area contributed by atoms with E-state index >= 15 is 0 Å². The molecule has 0 amide bonds. The number of aromatic nitrogens is 1. The molecule has 0 saturated carbocycles. The van der Waals surface area contributed by atoms with Crippen LogP contribution in [0.5, 0.6) is 0 Å². The number of anilines is 3. The zero-order valence-corrected chi connectivity index (χ0v) is 16.4. The molecule has 0 spiro atoms. The summed E-state index contributed by atoms with van der Waals surface area (Å²) >= 11 is 3.75. The van der Waals surface area contributed by atoms with Crippen LogP contribution in [0.25, 0.3) is 43.9 Å². The third-order valence-electron chi connectivity index (χ3n) is 6.02. The predicted octanol–water partition coefficient (Wildman–Crippen LogP) is 7.58. The van der Waals surface area contributed by atoms with Gasteiger partial charge in [-0.3, -0.25) is 4.98 Å². The largest absolute Gasteiger partial charge is 0.306 e. The van der Waals surface area contributed by atoms with Crippen molar-refractivity contribution in [1.82, 2.24) is 4.98 Å². The minimum Gasteiger partial charge on any atom is -0.306 e. The van der Waals surface area contributed by atoms with E-state index in [0.717, 1.165) is 15.9 Å². The van der Waals surface area contributed by atoms with Crippen molar-refractivity contribution in [3.8, 4) is 22.4 Å². The van der Waals surface area contributed by atoms with Gasteiger partial charge in [-0.2, -0.15) is 0 Å². The average Bonchev–Trinajstić information content (AvgIpc) is 2.75. The van der Waals surface area contributed by atoms with Crippen molar-refractivity contribution in [2.45, 2.75) is 0 Å². The molecular formula is C25H13BrN2. The summed E-state index contributed by atoms with van der Waals surface area (Å²) in [4.78, 5) is 7.19. The molecule has 0 aliphatic carbocycles. The number of fused-ring (bicyclic) bond motifs is 5. The van der Waals surface area contributed by atoms with Gasteiger partial charge < -0.3 is 4.90 Å². The Morgan fingerprint density at radius 3 is 2.54 bits per heavy atom. The standard InChI is InChI=1S/C25H13BrN2/c26-19-11-12-20-23-15(5-2-6-17(19)23)16-10-9-14-4-1-7-18-22(14)25(16)28(20)21-8-3-13-27-24(18)21/h1-13H. The summed E-state index contributed by atoms with van der Waals surface area (Å²) in [7, 11) is 0. The normalized spacial score (nSPS) is 13.1. The van der Waals surface area contributed by atoms with Crippen molar-refractivity contribution in [2.24, 2.45) is 0 Å².